The number of ether oxygens (including phenoxy) is 2. The van der Waals surface area contributed by atoms with Crippen molar-refractivity contribution in [3.63, 3.8) is 0 Å². The number of hydrogen-bond donors (Lipinski definition) is 2. The molecule has 0 radical (unpaired) electrons. The number of nitrogens with zero attached hydrogens (tertiary/aromatic N) is 2. The van der Waals surface area contributed by atoms with Crippen molar-refractivity contribution >= 4 is 45.6 Å². The van der Waals surface area contributed by atoms with Crippen molar-refractivity contribution in [2.75, 3.05) is 58.6 Å². The van der Waals surface area contributed by atoms with Crippen LogP contribution in [0.15, 0.2) is 29.3 Å². The van der Waals surface area contributed by atoms with Crippen molar-refractivity contribution in [3.05, 3.63) is 24.3 Å². The highest BCUT2D eigenvalue weighted by Gasteiger charge is 2.28. The van der Waals surface area contributed by atoms with Gasteiger partial charge < -0.3 is 20.1 Å². The lowest BCUT2D eigenvalue weighted by Crippen LogP contribution is -2.36. The molecule has 28 heavy (non-hydrogen) atoms. The number of rotatable bonds is 9. The third-order valence-corrected chi connectivity index (χ3v) is 5.63. The van der Waals surface area contributed by atoms with Crippen LogP contribution >= 0.6 is 24.0 Å². The molecule has 0 aliphatic carbocycles. The van der Waals surface area contributed by atoms with Gasteiger partial charge in [0.2, 0.25) is 10.0 Å². The zero-order valence-electron chi connectivity index (χ0n) is 16.7. The van der Waals surface area contributed by atoms with Crippen LogP contribution in [0.5, 0.6) is 5.75 Å². The van der Waals surface area contributed by atoms with Crippen molar-refractivity contribution in [3.8, 4) is 5.75 Å². The Bertz CT molecular complexity index is 730. The van der Waals surface area contributed by atoms with Gasteiger partial charge in [-0.1, -0.05) is 6.07 Å². The first kappa shape index (κ1) is 24.9. The molecule has 0 bridgehead atoms. The van der Waals surface area contributed by atoms with Crippen LogP contribution in [0, 0.1) is 5.92 Å². The number of guanidine groups is 1. The molecule has 1 aromatic rings. The first-order chi connectivity index (χ1) is 12.9. The smallest absolute Gasteiger partial charge is 0.211 e. The largest absolute Gasteiger partial charge is 0.493 e. The summed E-state index contributed by atoms with van der Waals surface area (Å²) in [4.78, 5) is 4.23. The maximum absolute atomic E-state index is 11.6. The monoisotopic (exact) mass is 526 g/mol. The molecule has 0 aromatic heterocycles. The molecule has 1 aromatic carbocycles. The molecule has 8 nitrogen and oxygen atoms in total. The van der Waals surface area contributed by atoms with Crippen LogP contribution in [0.3, 0.4) is 0 Å². The Hall–Kier alpha value is -1.11. The first-order valence-corrected chi connectivity index (χ1v) is 10.9. The van der Waals surface area contributed by atoms with Crippen molar-refractivity contribution in [2.45, 2.75) is 12.8 Å². The number of hydrogen-bond acceptors (Lipinski definition) is 5. The van der Waals surface area contributed by atoms with Crippen LogP contribution in [-0.4, -0.2) is 71.9 Å². The third kappa shape index (κ3) is 8.50. The van der Waals surface area contributed by atoms with Gasteiger partial charge in [0.1, 0.15) is 5.75 Å². The molecule has 160 valence electrons. The number of halogens is 1. The van der Waals surface area contributed by atoms with Crippen LogP contribution in [0.2, 0.25) is 0 Å². The first-order valence-electron chi connectivity index (χ1n) is 9.07. The highest BCUT2D eigenvalue weighted by Crippen LogP contribution is 2.19. The van der Waals surface area contributed by atoms with Crippen LogP contribution in [0.25, 0.3) is 0 Å². The summed E-state index contributed by atoms with van der Waals surface area (Å²) in [7, 11) is 0.274. The lowest BCUT2D eigenvalue weighted by molar-refractivity contribution is 0.172. The third-order valence-electron chi connectivity index (χ3n) is 4.36. The summed E-state index contributed by atoms with van der Waals surface area (Å²) in [5.41, 5.74) is 0.872. The SMILES string of the molecule is CN=C(NCC1CCN(S(C)(=O)=O)C1)Nc1cccc(OCCCOC)c1.I. The molecule has 0 saturated carbocycles. The molecule has 1 heterocycles. The van der Waals surface area contributed by atoms with Gasteiger partial charge in [0, 0.05) is 58.6 Å². The second-order valence-corrected chi connectivity index (χ2v) is 8.56. The van der Waals surface area contributed by atoms with Gasteiger partial charge in [-0.05, 0) is 24.5 Å². The molecule has 10 heteroatoms. The summed E-state index contributed by atoms with van der Waals surface area (Å²) >= 11 is 0. The minimum absolute atomic E-state index is 0. The highest BCUT2D eigenvalue weighted by atomic mass is 127. The van der Waals surface area contributed by atoms with E-state index in [1.165, 1.54) is 10.6 Å². The zero-order chi connectivity index (χ0) is 19.7. The average Bonchev–Trinajstić information content (AvgIpc) is 3.12. The second kappa shape index (κ2) is 12.5. The topological polar surface area (TPSA) is 92.3 Å². The van der Waals surface area contributed by atoms with Gasteiger partial charge >= 0.3 is 0 Å². The number of aliphatic imine (C=N–C) groups is 1. The summed E-state index contributed by atoms with van der Waals surface area (Å²) in [6.07, 6.45) is 2.94. The number of anilines is 1. The normalized spacial score (nSPS) is 17.8. The summed E-state index contributed by atoms with van der Waals surface area (Å²) in [5, 5.41) is 6.51. The Labute approximate surface area is 185 Å². The van der Waals surface area contributed by atoms with Crippen molar-refractivity contribution in [1.29, 1.82) is 0 Å². The molecule has 0 amide bonds. The predicted molar refractivity (Wildman–Crippen MR) is 123 cm³/mol. The van der Waals surface area contributed by atoms with Crippen LogP contribution in [-0.2, 0) is 14.8 Å². The van der Waals surface area contributed by atoms with E-state index < -0.39 is 10.0 Å². The van der Waals surface area contributed by atoms with Gasteiger partial charge in [-0.3, -0.25) is 4.99 Å². The quantitative estimate of drug-likeness (QED) is 0.221. The van der Waals surface area contributed by atoms with E-state index in [4.69, 9.17) is 9.47 Å². The minimum Gasteiger partial charge on any atom is -0.493 e. The number of benzene rings is 1. The standard InChI is InChI=1S/C18H30N4O4S.HI/c1-19-18(20-13-15-8-9-22(14-15)27(3,23)24)21-16-6-4-7-17(12-16)26-11-5-10-25-2;/h4,6-7,12,15H,5,8-11,13-14H2,1-3H3,(H2,19,20,21);1H. The van der Waals surface area contributed by atoms with Crippen molar-refractivity contribution in [2.24, 2.45) is 10.9 Å². The van der Waals surface area contributed by atoms with Crippen LogP contribution in [0.1, 0.15) is 12.8 Å². The summed E-state index contributed by atoms with van der Waals surface area (Å²) < 4.78 is 35.5. The summed E-state index contributed by atoms with van der Waals surface area (Å²) in [6.45, 7) is 3.07. The summed E-state index contributed by atoms with van der Waals surface area (Å²) in [6, 6.07) is 7.69. The fourth-order valence-electron chi connectivity index (χ4n) is 2.88. The Balaban J connectivity index is 0.00000392. The van der Waals surface area contributed by atoms with E-state index in [2.05, 4.69) is 15.6 Å². The highest BCUT2D eigenvalue weighted by molar-refractivity contribution is 14.0. The molecule has 0 spiro atoms. The Kier molecular flexibility index (Phi) is 11.1. The average molecular weight is 526 g/mol. The lowest BCUT2D eigenvalue weighted by Gasteiger charge is -2.16. The van der Waals surface area contributed by atoms with E-state index in [0.717, 1.165) is 24.3 Å². The van der Waals surface area contributed by atoms with E-state index in [1.54, 1.807) is 14.2 Å². The fourth-order valence-corrected chi connectivity index (χ4v) is 3.80. The number of sulfonamides is 1. The molecule has 1 aliphatic rings. The van der Waals surface area contributed by atoms with E-state index >= 15 is 0 Å². The van der Waals surface area contributed by atoms with Gasteiger partial charge in [-0.2, -0.15) is 0 Å². The molecule has 1 atom stereocenters. The van der Waals surface area contributed by atoms with Crippen LogP contribution in [0.4, 0.5) is 5.69 Å². The van der Waals surface area contributed by atoms with E-state index in [1.807, 2.05) is 24.3 Å². The summed E-state index contributed by atoms with van der Waals surface area (Å²) in [5.74, 6) is 1.70. The molecular weight excluding hydrogens is 495 g/mol. The van der Waals surface area contributed by atoms with E-state index in [-0.39, 0.29) is 29.9 Å². The van der Waals surface area contributed by atoms with Gasteiger partial charge in [0.15, 0.2) is 5.96 Å². The van der Waals surface area contributed by atoms with Gasteiger partial charge in [0.25, 0.3) is 0 Å². The van der Waals surface area contributed by atoms with Crippen molar-refractivity contribution in [1.82, 2.24) is 9.62 Å². The molecule has 2 rings (SSSR count). The lowest BCUT2D eigenvalue weighted by atomic mass is 10.1. The zero-order valence-corrected chi connectivity index (χ0v) is 19.8. The van der Waals surface area contributed by atoms with E-state index in [9.17, 15) is 8.42 Å². The van der Waals surface area contributed by atoms with Crippen molar-refractivity contribution < 1.29 is 17.9 Å². The molecule has 1 saturated heterocycles. The molecule has 1 aliphatic heterocycles. The maximum Gasteiger partial charge on any atom is 0.211 e. The van der Waals surface area contributed by atoms with Crippen LogP contribution < -0.4 is 15.4 Å². The van der Waals surface area contributed by atoms with E-state index in [0.29, 0.717) is 38.8 Å². The minimum atomic E-state index is -3.11. The van der Waals surface area contributed by atoms with Gasteiger partial charge in [-0.25, -0.2) is 12.7 Å². The molecule has 1 fully saturated rings. The van der Waals surface area contributed by atoms with Gasteiger partial charge in [0.05, 0.1) is 12.9 Å². The maximum atomic E-state index is 11.6. The number of methoxy groups -OCH3 is 1. The Morgan fingerprint density at radius 3 is 2.79 bits per heavy atom. The van der Waals surface area contributed by atoms with Gasteiger partial charge in [-0.15, -0.1) is 24.0 Å². The molecular formula is C18H31IN4O4S. The predicted octanol–water partition coefficient (Wildman–Crippen LogP) is 1.99. The molecule has 2 N–H and O–H groups in total. The second-order valence-electron chi connectivity index (χ2n) is 6.58. The molecule has 1 unspecified atom stereocenters. The Morgan fingerprint density at radius 2 is 2.14 bits per heavy atom. The Morgan fingerprint density at radius 1 is 1.36 bits per heavy atom. The number of nitrogens with one attached hydrogen (secondary N) is 2. The fraction of sp³-hybridized carbons (Fsp3) is 0.611.